The van der Waals surface area contributed by atoms with Crippen LogP contribution in [0.15, 0.2) is 54.6 Å². The molecule has 2 aromatic carbocycles. The van der Waals surface area contributed by atoms with Crippen molar-refractivity contribution in [3.8, 4) is 0 Å². The van der Waals surface area contributed by atoms with E-state index in [1.54, 1.807) is 0 Å². The minimum Gasteiger partial charge on any atom is -0.444 e. The quantitative estimate of drug-likeness (QED) is 0.883. The van der Waals surface area contributed by atoms with Crippen molar-refractivity contribution >= 4 is 19.4 Å². The lowest BCUT2D eigenvalue weighted by molar-refractivity contribution is 0.0512. The van der Waals surface area contributed by atoms with Crippen LogP contribution >= 0.6 is 0 Å². The molecule has 1 unspecified atom stereocenters. The largest absolute Gasteiger partial charge is 0.444 e. The van der Waals surface area contributed by atoms with Crippen molar-refractivity contribution in [2.24, 2.45) is 0 Å². The summed E-state index contributed by atoms with van der Waals surface area (Å²) in [6, 6.07) is 16.9. The van der Waals surface area contributed by atoms with Crippen LogP contribution in [0.4, 0.5) is 4.79 Å². The second-order valence-electron chi connectivity index (χ2n) is 6.16. The third kappa shape index (κ3) is 4.66. The van der Waals surface area contributed by atoms with Gasteiger partial charge in [-0.25, -0.2) is 4.79 Å². The summed E-state index contributed by atoms with van der Waals surface area (Å²) < 4.78 is 5.36. The van der Waals surface area contributed by atoms with Crippen LogP contribution in [0.25, 0.3) is 0 Å². The number of carbonyl (C=O) groups excluding carboxylic acids is 1. The van der Waals surface area contributed by atoms with Gasteiger partial charge in [-0.2, -0.15) is 0 Å². The van der Waals surface area contributed by atoms with Gasteiger partial charge in [0.05, 0.1) is 6.04 Å². The fraction of sp³-hybridized carbons (Fsp3) is 0.278. The highest BCUT2D eigenvalue weighted by Crippen LogP contribution is 2.22. The van der Waals surface area contributed by atoms with E-state index in [0.717, 1.165) is 11.1 Å². The molecule has 4 heteroatoms. The fourth-order valence-electron chi connectivity index (χ4n) is 2.12. The maximum atomic E-state index is 12.1. The van der Waals surface area contributed by atoms with E-state index in [1.165, 1.54) is 0 Å². The third-order valence-corrected chi connectivity index (χ3v) is 3.06. The van der Waals surface area contributed by atoms with Gasteiger partial charge in [0.1, 0.15) is 13.4 Å². The van der Waals surface area contributed by atoms with Crippen molar-refractivity contribution in [2.45, 2.75) is 32.4 Å². The number of benzene rings is 2. The minimum absolute atomic E-state index is 0.281. The predicted molar refractivity (Wildman–Crippen MR) is 89.5 cm³/mol. The van der Waals surface area contributed by atoms with Crippen LogP contribution in [-0.4, -0.2) is 19.5 Å². The van der Waals surface area contributed by atoms with Gasteiger partial charge in [0.25, 0.3) is 0 Å². The van der Waals surface area contributed by atoms with Crippen LogP contribution in [0.1, 0.15) is 37.9 Å². The van der Waals surface area contributed by atoms with Gasteiger partial charge in [0, 0.05) is 0 Å². The lowest BCUT2D eigenvalue weighted by atomic mass is 9.92. The van der Waals surface area contributed by atoms with Crippen LogP contribution in [0, 0.1) is 0 Å². The molecule has 0 aliphatic heterocycles. The number of nitrogens with one attached hydrogen (secondary N) is 1. The van der Waals surface area contributed by atoms with E-state index < -0.39 is 11.7 Å². The molecule has 0 spiro atoms. The molecule has 0 saturated heterocycles. The summed E-state index contributed by atoms with van der Waals surface area (Å²) in [6.07, 6.45) is -0.446. The Kier molecular flexibility index (Phi) is 4.91. The number of alkyl carbamates (subject to hydrolysis) is 1. The van der Waals surface area contributed by atoms with E-state index in [-0.39, 0.29) is 6.04 Å². The summed E-state index contributed by atoms with van der Waals surface area (Å²) in [4.78, 5) is 12.1. The molecule has 1 amide bonds. The molecule has 0 saturated carbocycles. The Hall–Kier alpha value is -2.23. The molecular weight excluding hydrogens is 273 g/mol. The summed E-state index contributed by atoms with van der Waals surface area (Å²) in [5.74, 6) is 0. The van der Waals surface area contributed by atoms with Crippen LogP contribution in [0.3, 0.4) is 0 Å². The first-order chi connectivity index (χ1) is 10.3. The Bertz CT molecular complexity index is 618. The highest BCUT2D eigenvalue weighted by atomic mass is 16.6. The average molecular weight is 293 g/mol. The highest BCUT2D eigenvalue weighted by molar-refractivity contribution is 6.32. The van der Waals surface area contributed by atoms with E-state index in [4.69, 9.17) is 12.6 Å². The van der Waals surface area contributed by atoms with Gasteiger partial charge in [-0.3, -0.25) is 0 Å². The normalized spacial score (nSPS) is 12.5. The van der Waals surface area contributed by atoms with Gasteiger partial charge in [-0.05, 0) is 31.9 Å². The average Bonchev–Trinajstić information content (AvgIpc) is 2.45. The first kappa shape index (κ1) is 16.2. The van der Waals surface area contributed by atoms with E-state index >= 15 is 0 Å². The number of ether oxygens (including phenoxy) is 1. The number of rotatable bonds is 3. The second kappa shape index (κ2) is 6.69. The maximum Gasteiger partial charge on any atom is 0.408 e. The summed E-state index contributed by atoms with van der Waals surface area (Å²) in [5, 5.41) is 2.92. The van der Waals surface area contributed by atoms with Crippen LogP contribution in [-0.2, 0) is 4.74 Å². The van der Waals surface area contributed by atoms with Crippen LogP contribution in [0.5, 0.6) is 0 Å². The second-order valence-corrected chi connectivity index (χ2v) is 6.16. The summed E-state index contributed by atoms with van der Waals surface area (Å²) in [6.45, 7) is 5.52. The molecule has 0 heterocycles. The van der Waals surface area contributed by atoms with Gasteiger partial charge < -0.3 is 10.1 Å². The van der Waals surface area contributed by atoms with Gasteiger partial charge in [-0.1, -0.05) is 60.1 Å². The first-order valence-electron chi connectivity index (χ1n) is 7.25. The smallest absolute Gasteiger partial charge is 0.408 e. The molecule has 0 fully saturated rings. The predicted octanol–water partition coefficient (Wildman–Crippen LogP) is 3.09. The number of hydrogen-bond donors (Lipinski definition) is 1. The molecule has 0 aromatic heterocycles. The molecule has 112 valence electrons. The fourth-order valence-corrected chi connectivity index (χ4v) is 2.12. The van der Waals surface area contributed by atoms with Crippen molar-refractivity contribution in [3.63, 3.8) is 0 Å². The van der Waals surface area contributed by atoms with E-state index in [0.29, 0.717) is 5.46 Å². The Morgan fingerprint density at radius 3 is 2.09 bits per heavy atom. The van der Waals surface area contributed by atoms with Crippen molar-refractivity contribution in [1.82, 2.24) is 5.32 Å². The third-order valence-electron chi connectivity index (χ3n) is 3.06. The number of carbonyl (C=O) groups is 1. The summed E-state index contributed by atoms with van der Waals surface area (Å²) in [5.41, 5.74) is 2.09. The van der Waals surface area contributed by atoms with Crippen LogP contribution < -0.4 is 10.8 Å². The van der Waals surface area contributed by atoms with Gasteiger partial charge in [-0.15, -0.1) is 0 Å². The number of amides is 1. The molecule has 2 aromatic rings. The lowest BCUT2D eigenvalue weighted by Gasteiger charge is -2.24. The van der Waals surface area contributed by atoms with E-state index in [1.807, 2.05) is 75.4 Å². The van der Waals surface area contributed by atoms with Crippen molar-refractivity contribution in [3.05, 3.63) is 65.7 Å². The molecule has 0 aliphatic rings. The molecule has 2 rings (SSSR count). The van der Waals surface area contributed by atoms with E-state index in [9.17, 15) is 4.79 Å². The highest BCUT2D eigenvalue weighted by Gasteiger charge is 2.21. The van der Waals surface area contributed by atoms with Crippen molar-refractivity contribution < 1.29 is 9.53 Å². The van der Waals surface area contributed by atoms with Gasteiger partial charge in [0.2, 0.25) is 0 Å². The SMILES string of the molecule is [B]c1ccc(C(NC(=O)OC(C)(C)C)c2ccccc2)cc1. The monoisotopic (exact) mass is 293 g/mol. The zero-order valence-electron chi connectivity index (χ0n) is 13.2. The first-order valence-corrected chi connectivity index (χ1v) is 7.25. The lowest BCUT2D eigenvalue weighted by Crippen LogP contribution is -2.35. The van der Waals surface area contributed by atoms with Crippen molar-refractivity contribution in [2.75, 3.05) is 0 Å². The van der Waals surface area contributed by atoms with Gasteiger partial charge >= 0.3 is 6.09 Å². The molecule has 2 radical (unpaired) electrons. The van der Waals surface area contributed by atoms with E-state index in [2.05, 4.69) is 5.32 Å². The summed E-state index contributed by atoms with van der Waals surface area (Å²) >= 11 is 0. The zero-order valence-corrected chi connectivity index (χ0v) is 13.2. The molecule has 1 N–H and O–H groups in total. The Morgan fingerprint density at radius 1 is 1.00 bits per heavy atom. The number of hydrogen-bond acceptors (Lipinski definition) is 2. The summed E-state index contributed by atoms with van der Waals surface area (Å²) in [7, 11) is 5.74. The molecule has 22 heavy (non-hydrogen) atoms. The Balaban J connectivity index is 2.26. The van der Waals surface area contributed by atoms with Gasteiger partial charge in [0.15, 0.2) is 0 Å². The molecular formula is C18H20BNO2. The molecule has 0 aliphatic carbocycles. The topological polar surface area (TPSA) is 38.3 Å². The Labute approximate surface area is 133 Å². The Morgan fingerprint density at radius 2 is 1.55 bits per heavy atom. The van der Waals surface area contributed by atoms with Crippen LogP contribution in [0.2, 0.25) is 0 Å². The van der Waals surface area contributed by atoms with Crippen molar-refractivity contribution in [1.29, 1.82) is 0 Å². The molecule has 1 atom stereocenters. The molecule has 3 nitrogen and oxygen atoms in total. The minimum atomic E-state index is -0.535. The zero-order chi connectivity index (χ0) is 16.2. The molecule has 0 bridgehead atoms. The standard InChI is InChI=1S/C18H20BNO2/c1-18(2,3)22-17(21)20-16(13-7-5-4-6-8-13)14-9-11-15(19)12-10-14/h4-12,16H,1-3H3,(H,20,21). The maximum absolute atomic E-state index is 12.1.